The van der Waals surface area contributed by atoms with Crippen molar-refractivity contribution in [1.29, 1.82) is 0 Å². The highest BCUT2D eigenvalue weighted by Crippen LogP contribution is 2.13. The van der Waals surface area contributed by atoms with E-state index >= 15 is 0 Å². The maximum Gasteiger partial charge on any atom is 0.345 e. The van der Waals surface area contributed by atoms with Crippen LogP contribution in [0.15, 0.2) is 12.7 Å². The summed E-state index contributed by atoms with van der Waals surface area (Å²) >= 11 is 0. The topological polar surface area (TPSA) is 83.8 Å². The third-order valence-corrected chi connectivity index (χ3v) is 4.64. The third-order valence-electron chi connectivity index (χ3n) is 4.64. The average molecular weight is 415 g/mol. The van der Waals surface area contributed by atoms with E-state index in [0.29, 0.717) is 6.42 Å². The Morgan fingerprint density at radius 1 is 0.828 bits per heavy atom. The number of aliphatic hydroxyl groups excluding tert-OH is 2. The van der Waals surface area contributed by atoms with E-state index in [2.05, 4.69) is 18.2 Å². The van der Waals surface area contributed by atoms with Gasteiger partial charge in [-0.25, -0.2) is 4.79 Å². The van der Waals surface area contributed by atoms with Gasteiger partial charge >= 0.3 is 11.9 Å². The van der Waals surface area contributed by atoms with Gasteiger partial charge in [0, 0.05) is 6.42 Å². The summed E-state index contributed by atoms with van der Waals surface area (Å²) in [4.78, 5) is 22.5. The van der Waals surface area contributed by atoms with Gasteiger partial charge in [0.1, 0.15) is 0 Å². The lowest BCUT2D eigenvalue weighted by molar-refractivity contribution is -0.167. The Bertz CT molecular complexity index is 381. The number of rotatable bonds is 18. The minimum absolute atomic E-state index is 0.183. The fourth-order valence-corrected chi connectivity index (χ4v) is 2.95. The average Bonchev–Trinajstić information content (AvgIpc) is 2.70. The number of aliphatic hydroxyl groups is 2. The second kappa shape index (κ2) is 24.8. The van der Waals surface area contributed by atoms with Crippen LogP contribution in [0.2, 0.25) is 0 Å². The summed E-state index contributed by atoms with van der Waals surface area (Å²) in [5, 5.41) is 17.6. The van der Waals surface area contributed by atoms with Crippen LogP contribution < -0.4 is 0 Å². The number of carbonyl (C=O) groups excluding carboxylic acids is 2. The molecule has 0 radical (unpaired) electrons. The SMILES string of the molecule is C=CC.CCCCCCCCCCCCCCCCCC(=O)OC(=O)C(O)CO. The fraction of sp³-hybridized carbons (Fsp3) is 0.833. The van der Waals surface area contributed by atoms with Gasteiger partial charge in [-0.3, -0.25) is 4.79 Å². The zero-order valence-electron chi connectivity index (χ0n) is 19.0. The Kier molecular flexibility index (Phi) is 25.7. The lowest BCUT2D eigenvalue weighted by Gasteiger charge is -2.06. The first-order chi connectivity index (χ1) is 14.0. The molecule has 0 aromatic heterocycles. The van der Waals surface area contributed by atoms with Crippen molar-refractivity contribution in [3.63, 3.8) is 0 Å². The van der Waals surface area contributed by atoms with Crippen molar-refractivity contribution < 1.29 is 24.5 Å². The predicted octanol–water partition coefficient (Wildman–Crippen LogP) is 5.86. The van der Waals surface area contributed by atoms with Crippen molar-refractivity contribution in [2.45, 2.75) is 123 Å². The van der Waals surface area contributed by atoms with E-state index in [1.807, 2.05) is 6.92 Å². The maximum absolute atomic E-state index is 11.4. The number of hydrogen-bond donors (Lipinski definition) is 2. The van der Waals surface area contributed by atoms with Gasteiger partial charge in [-0.15, -0.1) is 6.58 Å². The highest BCUT2D eigenvalue weighted by Gasteiger charge is 2.18. The number of carbonyl (C=O) groups is 2. The highest BCUT2D eigenvalue weighted by atomic mass is 16.6. The minimum Gasteiger partial charge on any atom is -0.393 e. The standard InChI is InChI=1S/C21H40O5.C3H6/c1-2-3-4-5-6-7-8-9-10-11-12-13-14-15-16-17-20(24)26-21(25)19(23)18-22;1-3-2/h19,22-23H,2-18H2,1H3;3H,1H2,2H3. The van der Waals surface area contributed by atoms with Gasteiger partial charge in [-0.05, 0) is 13.3 Å². The lowest BCUT2D eigenvalue weighted by Crippen LogP contribution is -2.28. The summed E-state index contributed by atoms with van der Waals surface area (Å²) in [6, 6.07) is 0. The van der Waals surface area contributed by atoms with E-state index in [0.717, 1.165) is 12.8 Å². The number of hydrogen-bond acceptors (Lipinski definition) is 5. The molecule has 2 N–H and O–H groups in total. The first-order valence-corrected chi connectivity index (χ1v) is 11.6. The van der Waals surface area contributed by atoms with Crippen LogP contribution in [0, 0.1) is 0 Å². The van der Waals surface area contributed by atoms with Crippen LogP contribution in [-0.2, 0) is 14.3 Å². The van der Waals surface area contributed by atoms with Gasteiger partial charge in [-0.2, -0.15) is 0 Å². The molecule has 29 heavy (non-hydrogen) atoms. The molecule has 0 fully saturated rings. The highest BCUT2D eigenvalue weighted by molar-refractivity contribution is 5.87. The molecule has 1 atom stereocenters. The van der Waals surface area contributed by atoms with E-state index in [9.17, 15) is 9.59 Å². The molecule has 0 saturated heterocycles. The summed E-state index contributed by atoms with van der Waals surface area (Å²) in [6.07, 6.45) is 19.1. The number of ether oxygens (including phenoxy) is 1. The molecule has 0 saturated carbocycles. The summed E-state index contributed by atoms with van der Waals surface area (Å²) < 4.78 is 4.43. The maximum atomic E-state index is 11.4. The zero-order chi connectivity index (χ0) is 22.2. The Morgan fingerprint density at radius 3 is 1.52 bits per heavy atom. The molecule has 0 aliphatic carbocycles. The molecular formula is C24H46O5. The van der Waals surface area contributed by atoms with Crippen molar-refractivity contribution in [1.82, 2.24) is 0 Å². The molecule has 172 valence electrons. The summed E-state index contributed by atoms with van der Waals surface area (Å²) in [7, 11) is 0. The predicted molar refractivity (Wildman–Crippen MR) is 120 cm³/mol. The lowest BCUT2D eigenvalue weighted by atomic mass is 10.0. The van der Waals surface area contributed by atoms with E-state index in [-0.39, 0.29) is 6.42 Å². The van der Waals surface area contributed by atoms with Crippen LogP contribution >= 0.6 is 0 Å². The van der Waals surface area contributed by atoms with E-state index < -0.39 is 24.6 Å². The molecule has 0 spiro atoms. The fourth-order valence-electron chi connectivity index (χ4n) is 2.95. The van der Waals surface area contributed by atoms with Crippen molar-refractivity contribution >= 4 is 11.9 Å². The van der Waals surface area contributed by atoms with Crippen LogP contribution in [0.4, 0.5) is 0 Å². The number of esters is 2. The van der Waals surface area contributed by atoms with Crippen molar-refractivity contribution in [3.8, 4) is 0 Å². The number of allylic oxidation sites excluding steroid dienone is 1. The first kappa shape index (κ1) is 30.0. The molecule has 0 aliphatic rings. The van der Waals surface area contributed by atoms with Gasteiger partial charge in [0.2, 0.25) is 0 Å². The molecule has 0 bridgehead atoms. The van der Waals surface area contributed by atoms with Gasteiger partial charge in [0.25, 0.3) is 0 Å². The molecule has 5 nitrogen and oxygen atoms in total. The van der Waals surface area contributed by atoms with Gasteiger partial charge in [-0.1, -0.05) is 103 Å². The molecule has 0 aliphatic heterocycles. The Balaban J connectivity index is 0. The van der Waals surface area contributed by atoms with Gasteiger partial charge in [0.05, 0.1) is 6.61 Å². The van der Waals surface area contributed by atoms with Crippen LogP contribution in [0.1, 0.15) is 117 Å². The van der Waals surface area contributed by atoms with Gasteiger partial charge in [0.15, 0.2) is 6.10 Å². The molecule has 1 unspecified atom stereocenters. The normalized spacial score (nSPS) is 11.3. The molecule has 5 heteroatoms. The quantitative estimate of drug-likeness (QED) is 0.127. The summed E-state index contributed by atoms with van der Waals surface area (Å²) in [5.74, 6) is -1.70. The molecule has 0 aromatic carbocycles. The zero-order valence-corrected chi connectivity index (χ0v) is 19.0. The van der Waals surface area contributed by atoms with Crippen molar-refractivity contribution in [2.24, 2.45) is 0 Å². The number of unbranched alkanes of at least 4 members (excludes halogenated alkanes) is 14. The Labute approximate surface area is 178 Å². The van der Waals surface area contributed by atoms with Crippen molar-refractivity contribution in [2.75, 3.05) is 6.61 Å². The van der Waals surface area contributed by atoms with E-state index in [1.54, 1.807) is 6.08 Å². The van der Waals surface area contributed by atoms with Crippen LogP contribution in [0.3, 0.4) is 0 Å². The second-order valence-electron chi connectivity index (χ2n) is 7.60. The molecule has 0 amide bonds. The first-order valence-electron chi connectivity index (χ1n) is 11.6. The molecule has 0 aromatic rings. The Morgan fingerprint density at radius 2 is 1.17 bits per heavy atom. The second-order valence-corrected chi connectivity index (χ2v) is 7.60. The smallest absolute Gasteiger partial charge is 0.345 e. The molecule has 0 rings (SSSR count). The van der Waals surface area contributed by atoms with Crippen LogP contribution in [0.25, 0.3) is 0 Å². The van der Waals surface area contributed by atoms with Gasteiger partial charge < -0.3 is 14.9 Å². The molecular weight excluding hydrogens is 368 g/mol. The molecule has 0 heterocycles. The minimum atomic E-state index is -1.62. The Hall–Kier alpha value is -1.20. The van der Waals surface area contributed by atoms with E-state index in [1.165, 1.54) is 77.0 Å². The largest absolute Gasteiger partial charge is 0.393 e. The van der Waals surface area contributed by atoms with Crippen LogP contribution in [0.5, 0.6) is 0 Å². The van der Waals surface area contributed by atoms with E-state index in [4.69, 9.17) is 10.2 Å². The third kappa shape index (κ3) is 24.8. The summed E-state index contributed by atoms with van der Waals surface area (Å²) in [6.45, 7) is 6.77. The monoisotopic (exact) mass is 414 g/mol. The summed E-state index contributed by atoms with van der Waals surface area (Å²) in [5.41, 5.74) is 0. The van der Waals surface area contributed by atoms with Crippen LogP contribution in [-0.4, -0.2) is 34.9 Å². The van der Waals surface area contributed by atoms with Crippen molar-refractivity contribution in [3.05, 3.63) is 12.7 Å².